The molecule has 1 rings (SSSR count). The Bertz CT molecular complexity index is 336. The molecular formula is C13H19NO2. The SMILES string of the molecule is C=C(C)CNCCOc1ccccc1OC. The van der Waals surface area contributed by atoms with Gasteiger partial charge in [-0.3, -0.25) is 0 Å². The molecule has 1 N–H and O–H groups in total. The van der Waals surface area contributed by atoms with Crippen LogP contribution in [0.1, 0.15) is 6.92 Å². The van der Waals surface area contributed by atoms with Gasteiger partial charge in [-0.1, -0.05) is 24.3 Å². The highest BCUT2D eigenvalue weighted by molar-refractivity contribution is 5.39. The molecule has 0 heterocycles. The molecular weight excluding hydrogens is 202 g/mol. The Morgan fingerprint density at radius 2 is 2.00 bits per heavy atom. The summed E-state index contributed by atoms with van der Waals surface area (Å²) in [5.41, 5.74) is 1.12. The summed E-state index contributed by atoms with van der Waals surface area (Å²) in [5, 5.41) is 3.23. The van der Waals surface area contributed by atoms with Crippen LogP contribution in [-0.2, 0) is 0 Å². The Labute approximate surface area is 97.1 Å². The maximum atomic E-state index is 5.59. The predicted octanol–water partition coefficient (Wildman–Crippen LogP) is 2.24. The van der Waals surface area contributed by atoms with E-state index in [1.165, 1.54) is 0 Å². The highest BCUT2D eigenvalue weighted by Crippen LogP contribution is 2.25. The predicted molar refractivity (Wildman–Crippen MR) is 66.2 cm³/mol. The standard InChI is InChI=1S/C13H19NO2/c1-11(2)10-14-8-9-16-13-7-5-4-6-12(13)15-3/h4-7,14H,1,8-10H2,2-3H3. The van der Waals surface area contributed by atoms with Crippen LogP contribution in [0.5, 0.6) is 11.5 Å². The first-order chi connectivity index (χ1) is 7.74. The molecule has 0 saturated heterocycles. The van der Waals surface area contributed by atoms with Gasteiger partial charge < -0.3 is 14.8 Å². The molecule has 0 bridgehead atoms. The third-order valence-electron chi connectivity index (χ3n) is 2.03. The van der Waals surface area contributed by atoms with Gasteiger partial charge in [-0.05, 0) is 19.1 Å². The number of ether oxygens (including phenoxy) is 2. The molecule has 1 aromatic carbocycles. The van der Waals surface area contributed by atoms with Crippen molar-refractivity contribution in [2.75, 3.05) is 26.8 Å². The molecule has 0 saturated carbocycles. The number of hydrogen-bond donors (Lipinski definition) is 1. The maximum absolute atomic E-state index is 5.59. The zero-order chi connectivity index (χ0) is 11.8. The fourth-order valence-electron chi connectivity index (χ4n) is 1.27. The van der Waals surface area contributed by atoms with Gasteiger partial charge in [0.2, 0.25) is 0 Å². The number of hydrogen-bond acceptors (Lipinski definition) is 3. The Morgan fingerprint density at radius 3 is 2.62 bits per heavy atom. The average Bonchev–Trinajstić information content (AvgIpc) is 2.29. The molecule has 0 unspecified atom stereocenters. The Hall–Kier alpha value is -1.48. The van der Waals surface area contributed by atoms with Crippen LogP contribution in [0.3, 0.4) is 0 Å². The monoisotopic (exact) mass is 221 g/mol. The molecule has 0 aliphatic heterocycles. The van der Waals surface area contributed by atoms with E-state index >= 15 is 0 Å². The van der Waals surface area contributed by atoms with Crippen molar-refractivity contribution >= 4 is 0 Å². The highest BCUT2D eigenvalue weighted by atomic mass is 16.5. The van der Waals surface area contributed by atoms with E-state index in [2.05, 4.69) is 11.9 Å². The van der Waals surface area contributed by atoms with E-state index in [9.17, 15) is 0 Å². The fourth-order valence-corrected chi connectivity index (χ4v) is 1.27. The van der Waals surface area contributed by atoms with E-state index < -0.39 is 0 Å². The number of para-hydroxylation sites is 2. The lowest BCUT2D eigenvalue weighted by molar-refractivity contribution is 0.294. The second kappa shape index (κ2) is 6.90. The quantitative estimate of drug-likeness (QED) is 0.566. The van der Waals surface area contributed by atoms with Crippen molar-refractivity contribution in [3.63, 3.8) is 0 Å². The Balaban J connectivity index is 2.28. The van der Waals surface area contributed by atoms with E-state index in [1.54, 1.807) is 7.11 Å². The van der Waals surface area contributed by atoms with Gasteiger partial charge in [0.1, 0.15) is 6.61 Å². The summed E-state index contributed by atoms with van der Waals surface area (Å²) < 4.78 is 10.8. The van der Waals surface area contributed by atoms with Crippen LogP contribution in [0.2, 0.25) is 0 Å². The van der Waals surface area contributed by atoms with Gasteiger partial charge in [0.05, 0.1) is 7.11 Å². The summed E-state index contributed by atoms with van der Waals surface area (Å²) >= 11 is 0. The fraction of sp³-hybridized carbons (Fsp3) is 0.385. The zero-order valence-corrected chi connectivity index (χ0v) is 9.95. The molecule has 0 radical (unpaired) electrons. The van der Waals surface area contributed by atoms with Crippen LogP contribution in [0.4, 0.5) is 0 Å². The first-order valence-electron chi connectivity index (χ1n) is 5.35. The lowest BCUT2D eigenvalue weighted by Gasteiger charge is -2.10. The molecule has 3 heteroatoms. The van der Waals surface area contributed by atoms with Crippen molar-refractivity contribution in [3.8, 4) is 11.5 Å². The van der Waals surface area contributed by atoms with E-state index in [4.69, 9.17) is 9.47 Å². The molecule has 0 amide bonds. The van der Waals surface area contributed by atoms with Gasteiger partial charge in [0.25, 0.3) is 0 Å². The summed E-state index contributed by atoms with van der Waals surface area (Å²) in [6, 6.07) is 7.64. The summed E-state index contributed by atoms with van der Waals surface area (Å²) in [7, 11) is 1.64. The van der Waals surface area contributed by atoms with Crippen LogP contribution < -0.4 is 14.8 Å². The maximum Gasteiger partial charge on any atom is 0.161 e. The molecule has 0 aliphatic carbocycles. The third-order valence-corrected chi connectivity index (χ3v) is 2.03. The van der Waals surface area contributed by atoms with Crippen LogP contribution in [-0.4, -0.2) is 26.8 Å². The minimum Gasteiger partial charge on any atom is -0.493 e. The van der Waals surface area contributed by atoms with Gasteiger partial charge in [-0.2, -0.15) is 0 Å². The molecule has 0 spiro atoms. The number of nitrogens with one attached hydrogen (secondary N) is 1. The minimum atomic E-state index is 0.619. The van der Waals surface area contributed by atoms with Crippen molar-refractivity contribution in [1.82, 2.24) is 5.32 Å². The first-order valence-corrected chi connectivity index (χ1v) is 5.35. The minimum absolute atomic E-state index is 0.619. The van der Waals surface area contributed by atoms with Crippen LogP contribution in [0.25, 0.3) is 0 Å². The van der Waals surface area contributed by atoms with E-state index in [0.717, 1.165) is 30.2 Å². The van der Waals surface area contributed by atoms with Crippen molar-refractivity contribution in [2.45, 2.75) is 6.92 Å². The first kappa shape index (κ1) is 12.6. The van der Waals surface area contributed by atoms with Gasteiger partial charge in [0, 0.05) is 13.1 Å². The van der Waals surface area contributed by atoms with Gasteiger partial charge in [-0.15, -0.1) is 0 Å². The molecule has 0 atom stereocenters. The summed E-state index contributed by atoms with van der Waals surface area (Å²) in [4.78, 5) is 0. The third kappa shape index (κ3) is 4.36. The number of rotatable bonds is 7. The molecule has 1 aromatic rings. The zero-order valence-electron chi connectivity index (χ0n) is 9.95. The van der Waals surface area contributed by atoms with Crippen LogP contribution in [0.15, 0.2) is 36.4 Å². The molecule has 88 valence electrons. The summed E-state index contributed by atoms with van der Waals surface area (Å²) in [6.45, 7) is 8.05. The smallest absolute Gasteiger partial charge is 0.161 e. The van der Waals surface area contributed by atoms with E-state index in [1.807, 2.05) is 31.2 Å². The normalized spacial score (nSPS) is 9.88. The lowest BCUT2D eigenvalue weighted by atomic mass is 10.3. The summed E-state index contributed by atoms with van der Waals surface area (Å²) in [5.74, 6) is 1.55. The molecule has 0 aliphatic rings. The summed E-state index contributed by atoms with van der Waals surface area (Å²) in [6.07, 6.45) is 0. The highest BCUT2D eigenvalue weighted by Gasteiger charge is 2.01. The second-order valence-electron chi connectivity index (χ2n) is 3.63. The van der Waals surface area contributed by atoms with E-state index in [-0.39, 0.29) is 0 Å². The number of methoxy groups -OCH3 is 1. The van der Waals surface area contributed by atoms with Crippen molar-refractivity contribution in [2.24, 2.45) is 0 Å². The van der Waals surface area contributed by atoms with Crippen LogP contribution >= 0.6 is 0 Å². The van der Waals surface area contributed by atoms with Crippen molar-refractivity contribution < 1.29 is 9.47 Å². The van der Waals surface area contributed by atoms with Gasteiger partial charge in [0.15, 0.2) is 11.5 Å². The topological polar surface area (TPSA) is 30.5 Å². The lowest BCUT2D eigenvalue weighted by Crippen LogP contribution is -2.22. The number of benzene rings is 1. The Morgan fingerprint density at radius 1 is 1.31 bits per heavy atom. The average molecular weight is 221 g/mol. The van der Waals surface area contributed by atoms with Gasteiger partial charge in [-0.25, -0.2) is 0 Å². The van der Waals surface area contributed by atoms with E-state index in [0.29, 0.717) is 6.61 Å². The molecule has 0 aromatic heterocycles. The van der Waals surface area contributed by atoms with Gasteiger partial charge >= 0.3 is 0 Å². The van der Waals surface area contributed by atoms with Crippen LogP contribution in [0, 0.1) is 0 Å². The van der Waals surface area contributed by atoms with Crippen molar-refractivity contribution in [3.05, 3.63) is 36.4 Å². The molecule has 16 heavy (non-hydrogen) atoms. The largest absolute Gasteiger partial charge is 0.493 e. The van der Waals surface area contributed by atoms with Crippen molar-refractivity contribution in [1.29, 1.82) is 0 Å². The molecule has 3 nitrogen and oxygen atoms in total. The second-order valence-corrected chi connectivity index (χ2v) is 3.63. The molecule has 0 fully saturated rings. The Kier molecular flexibility index (Phi) is 5.43.